The average molecular weight is 258 g/mol. The molecule has 20 heavy (non-hydrogen) atoms. The standard InChI is InChI=1S/C20H18/c1-15-7-6-10-18(13-15)20-14-16(2)11-12-19(20)17-8-4-3-5-9-17/h3-14H,1-2H3. The highest BCUT2D eigenvalue weighted by molar-refractivity contribution is 5.84. The van der Waals surface area contributed by atoms with Crippen molar-refractivity contribution in [2.45, 2.75) is 13.8 Å². The van der Waals surface area contributed by atoms with Crippen LogP contribution in [0.4, 0.5) is 0 Å². The first kappa shape index (κ1) is 12.7. The van der Waals surface area contributed by atoms with Crippen LogP contribution in [0, 0.1) is 13.8 Å². The Kier molecular flexibility index (Phi) is 3.39. The van der Waals surface area contributed by atoms with Gasteiger partial charge in [0.2, 0.25) is 0 Å². The fourth-order valence-electron chi connectivity index (χ4n) is 2.58. The van der Waals surface area contributed by atoms with Gasteiger partial charge < -0.3 is 0 Å². The topological polar surface area (TPSA) is 0 Å². The zero-order valence-corrected chi connectivity index (χ0v) is 11.9. The van der Waals surface area contributed by atoms with Crippen molar-refractivity contribution in [3.05, 3.63) is 83.9 Å². The highest BCUT2D eigenvalue weighted by Gasteiger charge is 2.07. The van der Waals surface area contributed by atoms with Gasteiger partial charge in [0.05, 0.1) is 0 Å². The fraction of sp³-hybridized carbons (Fsp3) is 0.100. The molecule has 3 rings (SSSR count). The second-order valence-corrected chi connectivity index (χ2v) is 5.28. The molecule has 0 atom stereocenters. The second-order valence-electron chi connectivity index (χ2n) is 5.28. The molecule has 0 aromatic heterocycles. The van der Waals surface area contributed by atoms with Crippen LogP contribution in [0.1, 0.15) is 11.1 Å². The first-order valence-corrected chi connectivity index (χ1v) is 6.97. The summed E-state index contributed by atoms with van der Waals surface area (Å²) in [7, 11) is 0. The van der Waals surface area contributed by atoms with Crippen LogP contribution in [-0.2, 0) is 0 Å². The van der Waals surface area contributed by atoms with Gasteiger partial charge in [0.25, 0.3) is 0 Å². The Hall–Kier alpha value is -2.34. The maximum Gasteiger partial charge on any atom is -0.0103 e. The van der Waals surface area contributed by atoms with Gasteiger partial charge in [0.1, 0.15) is 0 Å². The average Bonchev–Trinajstić information content (AvgIpc) is 2.48. The molecule has 3 aromatic carbocycles. The third-order valence-electron chi connectivity index (χ3n) is 3.59. The quantitative estimate of drug-likeness (QED) is 0.558. The third-order valence-corrected chi connectivity index (χ3v) is 3.59. The molecule has 0 aliphatic rings. The molecule has 0 radical (unpaired) electrons. The predicted octanol–water partition coefficient (Wildman–Crippen LogP) is 5.64. The summed E-state index contributed by atoms with van der Waals surface area (Å²) in [5.74, 6) is 0. The lowest BCUT2D eigenvalue weighted by atomic mass is 9.92. The lowest BCUT2D eigenvalue weighted by Gasteiger charge is -2.12. The van der Waals surface area contributed by atoms with E-state index >= 15 is 0 Å². The van der Waals surface area contributed by atoms with Gasteiger partial charge in [0, 0.05) is 0 Å². The number of benzene rings is 3. The maximum absolute atomic E-state index is 2.27. The van der Waals surface area contributed by atoms with E-state index in [0.717, 1.165) is 0 Å². The molecule has 0 fully saturated rings. The predicted molar refractivity (Wildman–Crippen MR) is 86.8 cm³/mol. The summed E-state index contributed by atoms with van der Waals surface area (Å²) in [4.78, 5) is 0. The number of hydrogen-bond donors (Lipinski definition) is 0. The molecule has 0 spiro atoms. The summed E-state index contributed by atoms with van der Waals surface area (Å²) in [5.41, 5.74) is 7.74. The molecule has 3 aromatic rings. The van der Waals surface area contributed by atoms with E-state index < -0.39 is 0 Å². The molecule has 0 N–H and O–H groups in total. The van der Waals surface area contributed by atoms with E-state index in [0.29, 0.717) is 0 Å². The minimum Gasteiger partial charge on any atom is -0.0622 e. The molecule has 0 aliphatic carbocycles. The monoisotopic (exact) mass is 258 g/mol. The van der Waals surface area contributed by atoms with Crippen LogP contribution in [0.3, 0.4) is 0 Å². The van der Waals surface area contributed by atoms with Crippen LogP contribution < -0.4 is 0 Å². The van der Waals surface area contributed by atoms with Crippen LogP contribution in [0.5, 0.6) is 0 Å². The van der Waals surface area contributed by atoms with E-state index in [1.165, 1.54) is 33.4 Å². The van der Waals surface area contributed by atoms with Crippen molar-refractivity contribution in [2.24, 2.45) is 0 Å². The number of rotatable bonds is 2. The van der Waals surface area contributed by atoms with E-state index in [9.17, 15) is 0 Å². The zero-order chi connectivity index (χ0) is 13.9. The van der Waals surface area contributed by atoms with Gasteiger partial charge >= 0.3 is 0 Å². The van der Waals surface area contributed by atoms with Gasteiger partial charge in [0.15, 0.2) is 0 Å². The van der Waals surface area contributed by atoms with Gasteiger partial charge in [-0.15, -0.1) is 0 Å². The van der Waals surface area contributed by atoms with Crippen LogP contribution in [0.25, 0.3) is 22.3 Å². The van der Waals surface area contributed by atoms with Crippen molar-refractivity contribution in [3.63, 3.8) is 0 Å². The van der Waals surface area contributed by atoms with E-state index in [-0.39, 0.29) is 0 Å². The highest BCUT2D eigenvalue weighted by Crippen LogP contribution is 2.33. The zero-order valence-electron chi connectivity index (χ0n) is 11.9. The molecule has 0 bridgehead atoms. The van der Waals surface area contributed by atoms with Crippen molar-refractivity contribution < 1.29 is 0 Å². The van der Waals surface area contributed by atoms with Crippen LogP contribution >= 0.6 is 0 Å². The van der Waals surface area contributed by atoms with E-state index in [1.54, 1.807) is 0 Å². The van der Waals surface area contributed by atoms with Crippen molar-refractivity contribution in [3.8, 4) is 22.3 Å². The van der Waals surface area contributed by atoms with Gasteiger partial charge in [-0.2, -0.15) is 0 Å². The molecular weight excluding hydrogens is 240 g/mol. The molecular formula is C20H18. The fourth-order valence-corrected chi connectivity index (χ4v) is 2.58. The van der Waals surface area contributed by atoms with E-state index in [1.807, 2.05) is 0 Å². The van der Waals surface area contributed by atoms with Gasteiger partial charge in [-0.1, -0.05) is 83.9 Å². The van der Waals surface area contributed by atoms with Crippen LogP contribution in [-0.4, -0.2) is 0 Å². The van der Waals surface area contributed by atoms with E-state index in [2.05, 4.69) is 86.6 Å². The lowest BCUT2D eigenvalue weighted by Crippen LogP contribution is -1.87. The van der Waals surface area contributed by atoms with Gasteiger partial charge in [-0.05, 0) is 36.1 Å². The Morgan fingerprint density at radius 2 is 1.20 bits per heavy atom. The van der Waals surface area contributed by atoms with Crippen molar-refractivity contribution in [1.82, 2.24) is 0 Å². The summed E-state index contributed by atoms with van der Waals surface area (Å²) in [6.07, 6.45) is 0. The summed E-state index contributed by atoms with van der Waals surface area (Å²) < 4.78 is 0. The normalized spacial score (nSPS) is 10.5. The number of hydrogen-bond acceptors (Lipinski definition) is 0. The van der Waals surface area contributed by atoms with Crippen LogP contribution in [0.15, 0.2) is 72.8 Å². The van der Waals surface area contributed by atoms with Crippen molar-refractivity contribution >= 4 is 0 Å². The van der Waals surface area contributed by atoms with Crippen molar-refractivity contribution in [2.75, 3.05) is 0 Å². The van der Waals surface area contributed by atoms with Crippen molar-refractivity contribution in [1.29, 1.82) is 0 Å². The maximum atomic E-state index is 2.27. The van der Waals surface area contributed by atoms with Crippen LogP contribution in [0.2, 0.25) is 0 Å². The third kappa shape index (κ3) is 2.50. The minimum atomic E-state index is 1.27. The summed E-state index contributed by atoms with van der Waals surface area (Å²) in [6.45, 7) is 4.29. The Balaban J connectivity index is 2.22. The largest absolute Gasteiger partial charge is 0.0622 e. The molecule has 98 valence electrons. The Morgan fingerprint density at radius 3 is 1.95 bits per heavy atom. The first-order chi connectivity index (χ1) is 9.74. The molecule has 0 heterocycles. The Morgan fingerprint density at radius 1 is 0.500 bits per heavy atom. The molecule has 0 amide bonds. The second kappa shape index (κ2) is 5.34. The smallest absolute Gasteiger partial charge is 0.0103 e. The van der Waals surface area contributed by atoms with Gasteiger partial charge in [-0.25, -0.2) is 0 Å². The van der Waals surface area contributed by atoms with E-state index in [4.69, 9.17) is 0 Å². The Labute approximate surface area is 120 Å². The molecule has 0 heteroatoms. The van der Waals surface area contributed by atoms with Gasteiger partial charge in [-0.3, -0.25) is 0 Å². The molecule has 0 unspecified atom stereocenters. The lowest BCUT2D eigenvalue weighted by molar-refractivity contribution is 1.43. The first-order valence-electron chi connectivity index (χ1n) is 6.97. The number of aryl methyl sites for hydroxylation is 2. The summed E-state index contributed by atoms with van der Waals surface area (Å²) >= 11 is 0. The highest BCUT2D eigenvalue weighted by atomic mass is 14.1. The molecule has 0 aliphatic heterocycles. The SMILES string of the molecule is Cc1cccc(-c2cc(C)ccc2-c2ccccc2)c1. The summed E-state index contributed by atoms with van der Waals surface area (Å²) in [5, 5.41) is 0. The molecule has 0 saturated heterocycles. The molecule has 0 nitrogen and oxygen atoms in total. The molecule has 0 saturated carbocycles. The Bertz CT molecular complexity index is 724. The summed E-state index contributed by atoms with van der Waals surface area (Å²) in [6, 6.07) is 26.0. The minimum absolute atomic E-state index is 1.27.